The van der Waals surface area contributed by atoms with Crippen LogP contribution in [0.15, 0.2) is 30.3 Å². The van der Waals surface area contributed by atoms with Crippen LogP contribution in [0.25, 0.3) is 0 Å². The van der Waals surface area contributed by atoms with Gasteiger partial charge in [-0.25, -0.2) is 8.78 Å². The minimum Gasteiger partial charge on any atom is -0.388 e. The van der Waals surface area contributed by atoms with Crippen molar-refractivity contribution < 1.29 is 13.9 Å². The molecule has 0 saturated heterocycles. The van der Waals surface area contributed by atoms with Gasteiger partial charge in [-0.3, -0.25) is 0 Å². The molecule has 0 aliphatic rings. The summed E-state index contributed by atoms with van der Waals surface area (Å²) < 4.78 is 26.1. The fourth-order valence-electron chi connectivity index (χ4n) is 1.80. The first-order valence-corrected chi connectivity index (χ1v) is 6.61. The first-order chi connectivity index (χ1) is 8.58. The highest BCUT2D eigenvalue weighted by Crippen LogP contribution is 2.25. The quantitative estimate of drug-likeness (QED) is 0.892. The van der Waals surface area contributed by atoms with E-state index in [1.807, 2.05) is 12.1 Å². The van der Waals surface area contributed by atoms with Crippen LogP contribution in [0.2, 0.25) is 0 Å². The highest BCUT2D eigenvalue weighted by Gasteiger charge is 2.12. The first-order valence-electron chi connectivity index (χ1n) is 5.80. The van der Waals surface area contributed by atoms with Gasteiger partial charge in [-0.05, 0) is 36.2 Å². The molecule has 0 saturated carbocycles. The third-order valence-corrected chi connectivity index (χ3v) is 3.98. The van der Waals surface area contributed by atoms with E-state index in [-0.39, 0.29) is 5.56 Å². The lowest BCUT2D eigenvalue weighted by Gasteiger charge is -2.10. The minimum absolute atomic E-state index is 0.277. The lowest BCUT2D eigenvalue weighted by Crippen LogP contribution is -2.01. The topological polar surface area (TPSA) is 20.2 Å². The molecule has 0 amide bonds. The number of aliphatic hydroxyl groups excluding tert-OH is 1. The number of hydrogen-bond acceptors (Lipinski definition) is 2. The Morgan fingerprint density at radius 1 is 1.11 bits per heavy atom. The van der Waals surface area contributed by atoms with Crippen LogP contribution in [0, 0.1) is 11.6 Å². The Bertz CT molecular complexity index is 516. The summed E-state index contributed by atoms with van der Waals surface area (Å²) in [6.07, 6.45) is 0.460. The molecule has 1 heterocycles. The van der Waals surface area contributed by atoms with E-state index in [0.29, 0.717) is 6.42 Å². The molecule has 1 nitrogen and oxygen atoms in total. The molecule has 0 aliphatic heterocycles. The lowest BCUT2D eigenvalue weighted by molar-refractivity contribution is 0.178. The second-order valence-electron chi connectivity index (χ2n) is 4.14. The third-order valence-electron chi connectivity index (χ3n) is 2.73. The number of hydrogen-bond donors (Lipinski definition) is 1. The van der Waals surface area contributed by atoms with E-state index in [9.17, 15) is 13.9 Å². The summed E-state index contributed by atoms with van der Waals surface area (Å²) in [5.41, 5.74) is 0.277. The van der Waals surface area contributed by atoms with Crippen LogP contribution in [-0.2, 0) is 12.8 Å². The van der Waals surface area contributed by atoms with Gasteiger partial charge < -0.3 is 5.11 Å². The van der Waals surface area contributed by atoms with Crippen molar-refractivity contribution in [1.82, 2.24) is 0 Å². The van der Waals surface area contributed by atoms with E-state index < -0.39 is 17.7 Å². The Morgan fingerprint density at radius 3 is 2.28 bits per heavy atom. The molecule has 0 bridgehead atoms. The van der Waals surface area contributed by atoms with Gasteiger partial charge >= 0.3 is 0 Å². The lowest BCUT2D eigenvalue weighted by atomic mass is 10.1. The largest absolute Gasteiger partial charge is 0.388 e. The van der Waals surface area contributed by atoms with E-state index in [2.05, 4.69) is 6.92 Å². The number of halogens is 2. The Balaban J connectivity index is 2.13. The molecule has 1 N–H and O–H groups in total. The van der Waals surface area contributed by atoms with Crippen LogP contribution >= 0.6 is 11.3 Å². The van der Waals surface area contributed by atoms with Gasteiger partial charge in [0.2, 0.25) is 0 Å². The molecule has 0 radical (unpaired) electrons. The normalized spacial score (nSPS) is 12.7. The molecule has 96 valence electrons. The molecule has 0 aliphatic carbocycles. The summed E-state index contributed by atoms with van der Waals surface area (Å²) in [4.78, 5) is 2.26. The van der Waals surface area contributed by atoms with Crippen molar-refractivity contribution in [2.75, 3.05) is 0 Å². The van der Waals surface area contributed by atoms with Crippen molar-refractivity contribution in [1.29, 1.82) is 0 Å². The van der Waals surface area contributed by atoms with Crippen molar-refractivity contribution in [2.45, 2.75) is 25.9 Å². The molecule has 18 heavy (non-hydrogen) atoms. The van der Waals surface area contributed by atoms with Crippen molar-refractivity contribution in [3.8, 4) is 0 Å². The third kappa shape index (κ3) is 3.15. The standard InChI is InChI=1S/C14H14F2OS/c1-2-12-3-4-13(18-12)8-14(17)9-5-10(15)7-11(16)6-9/h3-7,14,17H,2,8H2,1H3. The van der Waals surface area contributed by atoms with Gasteiger partial charge in [-0.15, -0.1) is 11.3 Å². The fourth-order valence-corrected chi connectivity index (χ4v) is 2.79. The molecular weight excluding hydrogens is 254 g/mol. The zero-order valence-corrected chi connectivity index (χ0v) is 10.8. The fraction of sp³-hybridized carbons (Fsp3) is 0.286. The van der Waals surface area contributed by atoms with E-state index in [0.717, 1.165) is 17.4 Å². The number of aryl methyl sites for hydroxylation is 1. The van der Waals surface area contributed by atoms with Crippen LogP contribution in [0.4, 0.5) is 8.78 Å². The van der Waals surface area contributed by atoms with Gasteiger partial charge in [0.15, 0.2) is 0 Å². The highest BCUT2D eigenvalue weighted by atomic mass is 32.1. The summed E-state index contributed by atoms with van der Waals surface area (Å²) in [5, 5.41) is 9.98. The predicted molar refractivity (Wildman–Crippen MR) is 68.7 cm³/mol. The molecule has 1 aromatic heterocycles. The zero-order chi connectivity index (χ0) is 13.1. The maximum atomic E-state index is 13.0. The van der Waals surface area contributed by atoms with Crippen LogP contribution in [0.3, 0.4) is 0 Å². The van der Waals surface area contributed by atoms with Crippen LogP contribution in [0.5, 0.6) is 0 Å². The molecule has 1 atom stereocenters. The molecule has 1 unspecified atom stereocenters. The Morgan fingerprint density at radius 2 is 1.72 bits per heavy atom. The van der Waals surface area contributed by atoms with Crippen LogP contribution in [-0.4, -0.2) is 5.11 Å². The van der Waals surface area contributed by atoms with Gasteiger partial charge in [-0.2, -0.15) is 0 Å². The first kappa shape index (κ1) is 13.2. The number of thiophene rings is 1. The summed E-state index contributed by atoms with van der Waals surface area (Å²) >= 11 is 1.62. The second kappa shape index (κ2) is 5.59. The van der Waals surface area contributed by atoms with E-state index in [1.165, 1.54) is 17.0 Å². The van der Waals surface area contributed by atoms with Crippen molar-refractivity contribution in [3.63, 3.8) is 0 Å². The molecule has 2 aromatic rings. The summed E-state index contributed by atoms with van der Waals surface area (Å²) in [6.45, 7) is 2.06. The average molecular weight is 268 g/mol. The molecule has 2 rings (SSSR count). The van der Waals surface area contributed by atoms with Crippen molar-refractivity contribution >= 4 is 11.3 Å². The number of rotatable bonds is 4. The molecular formula is C14H14F2OS. The van der Waals surface area contributed by atoms with Crippen molar-refractivity contribution in [2.24, 2.45) is 0 Å². The van der Waals surface area contributed by atoms with E-state index >= 15 is 0 Å². The second-order valence-corrected chi connectivity index (χ2v) is 5.40. The van der Waals surface area contributed by atoms with Gasteiger partial charge in [0, 0.05) is 22.2 Å². The van der Waals surface area contributed by atoms with Gasteiger partial charge in [0.25, 0.3) is 0 Å². The van der Waals surface area contributed by atoms with Crippen LogP contribution < -0.4 is 0 Å². The van der Waals surface area contributed by atoms with Crippen LogP contribution in [0.1, 0.15) is 28.3 Å². The maximum Gasteiger partial charge on any atom is 0.126 e. The smallest absolute Gasteiger partial charge is 0.126 e. The maximum absolute atomic E-state index is 13.0. The summed E-state index contributed by atoms with van der Waals surface area (Å²) in [7, 11) is 0. The monoisotopic (exact) mass is 268 g/mol. The van der Waals surface area contributed by atoms with E-state index in [4.69, 9.17) is 0 Å². The Kier molecular flexibility index (Phi) is 4.09. The minimum atomic E-state index is -0.876. The summed E-state index contributed by atoms with van der Waals surface area (Å²) in [6, 6.07) is 7.10. The highest BCUT2D eigenvalue weighted by molar-refractivity contribution is 7.11. The number of benzene rings is 1. The van der Waals surface area contributed by atoms with Gasteiger partial charge in [-0.1, -0.05) is 6.92 Å². The average Bonchev–Trinajstić information content (AvgIpc) is 2.75. The van der Waals surface area contributed by atoms with Crippen molar-refractivity contribution in [3.05, 3.63) is 57.3 Å². The van der Waals surface area contributed by atoms with E-state index in [1.54, 1.807) is 11.3 Å². The predicted octanol–water partition coefficient (Wildman–Crippen LogP) is 3.86. The molecule has 4 heteroatoms. The Hall–Kier alpha value is -1.26. The molecule has 0 fully saturated rings. The zero-order valence-electron chi connectivity index (χ0n) is 9.99. The Labute approximate surface area is 109 Å². The molecule has 1 aromatic carbocycles. The molecule has 0 spiro atoms. The number of aliphatic hydroxyl groups is 1. The summed E-state index contributed by atoms with van der Waals surface area (Å²) in [5.74, 6) is -1.33. The van der Waals surface area contributed by atoms with Gasteiger partial charge in [0.1, 0.15) is 11.6 Å². The SMILES string of the molecule is CCc1ccc(CC(O)c2cc(F)cc(F)c2)s1. The van der Waals surface area contributed by atoms with Gasteiger partial charge in [0.05, 0.1) is 6.10 Å².